The van der Waals surface area contributed by atoms with E-state index in [1.54, 1.807) is 7.11 Å². The third kappa shape index (κ3) is 3.89. The first kappa shape index (κ1) is 13.7. The molecule has 0 bridgehead atoms. The number of hydrogen-bond donors (Lipinski definition) is 1. The minimum atomic E-state index is 0.290. The van der Waals surface area contributed by atoms with Crippen LogP contribution in [-0.4, -0.2) is 20.3 Å². The lowest BCUT2D eigenvalue weighted by atomic mass is 10.0. The van der Waals surface area contributed by atoms with Gasteiger partial charge in [-0.1, -0.05) is 28.9 Å². The average Bonchev–Trinajstić information content (AvgIpc) is 2.25. The van der Waals surface area contributed by atoms with Gasteiger partial charge in [-0.3, -0.25) is 0 Å². The smallest absolute Gasteiger partial charge is 0.0657 e. The highest BCUT2D eigenvalue weighted by Gasteiger charge is 2.12. The van der Waals surface area contributed by atoms with Gasteiger partial charge in [0.15, 0.2) is 0 Å². The van der Waals surface area contributed by atoms with Crippen LogP contribution in [0.15, 0.2) is 22.7 Å². The fraction of sp³-hybridized carbons (Fsp3) is 0.538. The van der Waals surface area contributed by atoms with E-state index in [0.717, 1.165) is 17.4 Å². The van der Waals surface area contributed by atoms with Gasteiger partial charge in [0.2, 0.25) is 0 Å². The molecule has 3 heteroatoms. The first-order valence-corrected chi connectivity index (χ1v) is 6.46. The largest absolute Gasteiger partial charge is 0.383 e. The number of aryl methyl sites for hydroxylation is 1. The van der Waals surface area contributed by atoms with Crippen LogP contribution in [0.5, 0.6) is 0 Å². The first-order chi connectivity index (χ1) is 7.69. The average molecular weight is 286 g/mol. The van der Waals surface area contributed by atoms with Gasteiger partial charge in [-0.15, -0.1) is 0 Å². The van der Waals surface area contributed by atoms with Gasteiger partial charge < -0.3 is 10.1 Å². The predicted octanol–water partition coefficient (Wildman–Crippen LogP) is 3.44. The van der Waals surface area contributed by atoms with E-state index in [4.69, 9.17) is 4.74 Å². The topological polar surface area (TPSA) is 21.3 Å². The SMILES string of the molecule is CCCNC(COC)c1ccc(Br)cc1C. The Balaban J connectivity index is 2.82. The van der Waals surface area contributed by atoms with Gasteiger partial charge in [-0.25, -0.2) is 0 Å². The summed E-state index contributed by atoms with van der Waals surface area (Å²) in [6, 6.07) is 6.67. The standard InChI is InChI=1S/C13H20BrNO/c1-4-7-15-13(9-16-3)12-6-5-11(14)8-10(12)2/h5-6,8,13,15H,4,7,9H2,1-3H3. The van der Waals surface area contributed by atoms with Crippen molar-refractivity contribution >= 4 is 15.9 Å². The lowest BCUT2D eigenvalue weighted by Crippen LogP contribution is -2.26. The molecule has 0 saturated carbocycles. The van der Waals surface area contributed by atoms with E-state index < -0.39 is 0 Å². The Morgan fingerprint density at radius 2 is 2.19 bits per heavy atom. The van der Waals surface area contributed by atoms with Crippen LogP contribution in [0.25, 0.3) is 0 Å². The summed E-state index contributed by atoms with van der Waals surface area (Å²) < 4.78 is 6.39. The van der Waals surface area contributed by atoms with Gasteiger partial charge in [-0.2, -0.15) is 0 Å². The molecule has 0 aromatic heterocycles. The second-order valence-electron chi connectivity index (χ2n) is 3.96. The number of benzene rings is 1. The molecule has 0 saturated heterocycles. The van der Waals surface area contributed by atoms with Gasteiger partial charge >= 0.3 is 0 Å². The molecule has 0 amide bonds. The first-order valence-electron chi connectivity index (χ1n) is 5.67. The molecule has 1 unspecified atom stereocenters. The molecule has 1 aromatic carbocycles. The summed E-state index contributed by atoms with van der Waals surface area (Å²) in [5.41, 5.74) is 2.61. The monoisotopic (exact) mass is 285 g/mol. The third-order valence-corrected chi connectivity index (χ3v) is 3.07. The van der Waals surface area contributed by atoms with Crippen LogP contribution in [0, 0.1) is 6.92 Å². The summed E-state index contributed by atoms with van der Waals surface area (Å²) in [6.07, 6.45) is 1.13. The molecule has 0 aliphatic carbocycles. The van der Waals surface area contributed by atoms with Crippen LogP contribution in [0.2, 0.25) is 0 Å². The summed E-state index contributed by atoms with van der Waals surface area (Å²) in [7, 11) is 1.74. The van der Waals surface area contributed by atoms with Gasteiger partial charge in [0.05, 0.1) is 12.6 Å². The molecule has 0 aliphatic rings. The maximum absolute atomic E-state index is 5.27. The second-order valence-corrected chi connectivity index (χ2v) is 4.88. The molecule has 1 rings (SSSR count). The molecule has 16 heavy (non-hydrogen) atoms. The van der Waals surface area contributed by atoms with Crippen molar-refractivity contribution in [3.8, 4) is 0 Å². The van der Waals surface area contributed by atoms with Crippen LogP contribution in [0.4, 0.5) is 0 Å². The van der Waals surface area contributed by atoms with Crippen LogP contribution in [0.1, 0.15) is 30.5 Å². The molecule has 2 nitrogen and oxygen atoms in total. The van der Waals surface area contributed by atoms with Crippen LogP contribution >= 0.6 is 15.9 Å². The fourth-order valence-electron chi connectivity index (χ4n) is 1.77. The molecular formula is C13H20BrNO. The van der Waals surface area contributed by atoms with E-state index in [-0.39, 0.29) is 6.04 Å². The Bertz CT molecular complexity index is 328. The number of nitrogens with one attached hydrogen (secondary N) is 1. The lowest BCUT2D eigenvalue weighted by molar-refractivity contribution is 0.167. The Labute approximate surface area is 107 Å². The highest BCUT2D eigenvalue weighted by molar-refractivity contribution is 9.10. The van der Waals surface area contributed by atoms with E-state index in [2.05, 4.69) is 53.3 Å². The quantitative estimate of drug-likeness (QED) is 0.865. The summed E-state index contributed by atoms with van der Waals surface area (Å²) >= 11 is 3.49. The van der Waals surface area contributed by atoms with Crippen molar-refractivity contribution in [2.24, 2.45) is 0 Å². The van der Waals surface area contributed by atoms with Gasteiger partial charge in [0.1, 0.15) is 0 Å². The van der Waals surface area contributed by atoms with E-state index >= 15 is 0 Å². The maximum atomic E-state index is 5.27. The molecule has 0 aliphatic heterocycles. The van der Waals surface area contributed by atoms with Gasteiger partial charge in [-0.05, 0) is 43.1 Å². The van der Waals surface area contributed by atoms with Crippen molar-refractivity contribution < 1.29 is 4.74 Å². The molecule has 1 N–H and O–H groups in total. The summed E-state index contributed by atoms with van der Waals surface area (Å²) in [5.74, 6) is 0. The molecular weight excluding hydrogens is 266 g/mol. The zero-order chi connectivity index (χ0) is 12.0. The molecule has 0 radical (unpaired) electrons. The molecule has 0 fully saturated rings. The van der Waals surface area contributed by atoms with E-state index in [1.807, 2.05) is 0 Å². The Kier molecular flexibility index (Phi) is 6.03. The van der Waals surface area contributed by atoms with E-state index in [9.17, 15) is 0 Å². The zero-order valence-electron chi connectivity index (χ0n) is 10.2. The Morgan fingerprint density at radius 1 is 1.44 bits per heavy atom. The molecule has 1 atom stereocenters. The van der Waals surface area contributed by atoms with Crippen molar-refractivity contribution in [1.29, 1.82) is 0 Å². The molecule has 1 aromatic rings. The number of halogens is 1. The normalized spacial score (nSPS) is 12.8. The van der Waals surface area contributed by atoms with Gasteiger partial charge in [0, 0.05) is 11.6 Å². The number of ether oxygens (including phenoxy) is 1. The van der Waals surface area contributed by atoms with Crippen LogP contribution < -0.4 is 5.32 Å². The lowest BCUT2D eigenvalue weighted by Gasteiger charge is -2.20. The van der Waals surface area contributed by atoms with Crippen molar-refractivity contribution in [1.82, 2.24) is 5.32 Å². The highest BCUT2D eigenvalue weighted by atomic mass is 79.9. The van der Waals surface area contributed by atoms with Crippen LogP contribution in [-0.2, 0) is 4.74 Å². The number of methoxy groups -OCH3 is 1. The summed E-state index contributed by atoms with van der Waals surface area (Å²) in [6.45, 7) is 6.04. The Morgan fingerprint density at radius 3 is 2.75 bits per heavy atom. The van der Waals surface area contributed by atoms with Gasteiger partial charge in [0.25, 0.3) is 0 Å². The van der Waals surface area contributed by atoms with E-state index in [0.29, 0.717) is 6.61 Å². The highest BCUT2D eigenvalue weighted by Crippen LogP contribution is 2.22. The Hall–Kier alpha value is -0.380. The maximum Gasteiger partial charge on any atom is 0.0657 e. The minimum absolute atomic E-state index is 0.290. The molecule has 90 valence electrons. The minimum Gasteiger partial charge on any atom is -0.383 e. The predicted molar refractivity (Wildman–Crippen MR) is 71.8 cm³/mol. The van der Waals surface area contributed by atoms with Crippen molar-refractivity contribution in [2.75, 3.05) is 20.3 Å². The number of hydrogen-bond acceptors (Lipinski definition) is 2. The van der Waals surface area contributed by atoms with Crippen LogP contribution in [0.3, 0.4) is 0 Å². The second kappa shape index (κ2) is 7.05. The third-order valence-electron chi connectivity index (χ3n) is 2.58. The zero-order valence-corrected chi connectivity index (χ0v) is 11.8. The molecule has 0 heterocycles. The number of rotatable bonds is 6. The van der Waals surface area contributed by atoms with Crippen molar-refractivity contribution in [2.45, 2.75) is 26.3 Å². The van der Waals surface area contributed by atoms with Crippen molar-refractivity contribution in [3.05, 3.63) is 33.8 Å². The molecule has 0 spiro atoms. The van der Waals surface area contributed by atoms with E-state index in [1.165, 1.54) is 11.1 Å². The summed E-state index contributed by atoms with van der Waals surface area (Å²) in [4.78, 5) is 0. The summed E-state index contributed by atoms with van der Waals surface area (Å²) in [5, 5.41) is 3.51. The fourth-order valence-corrected chi connectivity index (χ4v) is 2.25. The van der Waals surface area contributed by atoms with Crippen molar-refractivity contribution in [3.63, 3.8) is 0 Å².